The number of nitrogens with zero attached hydrogens (tertiary/aromatic N) is 2. The van der Waals surface area contributed by atoms with Gasteiger partial charge in [0.25, 0.3) is 5.91 Å². The highest BCUT2D eigenvalue weighted by Gasteiger charge is 2.13. The van der Waals surface area contributed by atoms with Crippen molar-refractivity contribution in [2.24, 2.45) is 0 Å². The minimum Gasteiger partial charge on any atom is -0.383 e. The Hall–Kier alpha value is -3.47. The van der Waals surface area contributed by atoms with Crippen LogP contribution in [0.1, 0.15) is 15.9 Å². The molecule has 5 heteroatoms. The molecule has 0 spiro atoms. The fourth-order valence-corrected chi connectivity index (χ4v) is 2.26. The van der Waals surface area contributed by atoms with Crippen molar-refractivity contribution in [2.75, 3.05) is 11.1 Å². The summed E-state index contributed by atoms with van der Waals surface area (Å²) in [6.45, 7) is 3.74. The summed E-state index contributed by atoms with van der Waals surface area (Å²) in [5.74, 6) is -0.122. The molecule has 0 saturated carbocycles. The first-order chi connectivity index (χ1) is 11.7. The number of rotatable bonds is 4. The number of benzene rings is 1. The molecule has 0 fully saturated rings. The van der Waals surface area contributed by atoms with E-state index in [0.717, 1.165) is 16.7 Å². The molecule has 2 aromatic heterocycles. The second kappa shape index (κ2) is 6.75. The van der Waals surface area contributed by atoms with E-state index < -0.39 is 0 Å². The number of carbonyl (C=O) groups is 1. The first-order valence-corrected chi connectivity index (χ1v) is 7.37. The Morgan fingerprint density at radius 2 is 1.79 bits per heavy atom. The van der Waals surface area contributed by atoms with Crippen molar-refractivity contribution in [1.29, 1.82) is 0 Å². The van der Waals surface area contributed by atoms with Crippen LogP contribution in [-0.2, 0) is 0 Å². The van der Waals surface area contributed by atoms with Gasteiger partial charge in [-0.05, 0) is 29.3 Å². The van der Waals surface area contributed by atoms with Gasteiger partial charge in [-0.25, -0.2) is 4.98 Å². The Morgan fingerprint density at radius 3 is 2.46 bits per heavy atom. The summed E-state index contributed by atoms with van der Waals surface area (Å²) in [5.41, 5.74) is 9.64. The number of amides is 1. The SMILES string of the molecule is C=Cc1ccc(-c2cnc(N)c(C(=O)Nc3ccncc3)c2)cc1. The molecule has 118 valence electrons. The molecule has 24 heavy (non-hydrogen) atoms. The second-order valence-corrected chi connectivity index (χ2v) is 5.17. The molecule has 1 amide bonds. The topological polar surface area (TPSA) is 80.9 Å². The number of pyridine rings is 2. The molecule has 0 radical (unpaired) electrons. The molecule has 0 unspecified atom stereocenters. The van der Waals surface area contributed by atoms with Crippen LogP contribution in [0.2, 0.25) is 0 Å². The Bertz CT molecular complexity index is 874. The maximum atomic E-state index is 12.5. The number of aromatic nitrogens is 2. The molecule has 1 aromatic carbocycles. The molecule has 3 aromatic rings. The molecule has 0 bridgehead atoms. The van der Waals surface area contributed by atoms with Crippen molar-refractivity contribution in [1.82, 2.24) is 9.97 Å². The first kappa shape index (κ1) is 15.4. The average molecular weight is 316 g/mol. The van der Waals surface area contributed by atoms with Crippen molar-refractivity contribution in [3.63, 3.8) is 0 Å². The van der Waals surface area contributed by atoms with Gasteiger partial charge < -0.3 is 11.1 Å². The Balaban J connectivity index is 1.90. The van der Waals surface area contributed by atoms with Gasteiger partial charge in [-0.3, -0.25) is 9.78 Å². The van der Waals surface area contributed by atoms with Crippen LogP contribution < -0.4 is 11.1 Å². The van der Waals surface area contributed by atoms with E-state index in [0.29, 0.717) is 11.3 Å². The Morgan fingerprint density at radius 1 is 1.08 bits per heavy atom. The van der Waals surface area contributed by atoms with Gasteiger partial charge in [0.15, 0.2) is 0 Å². The average Bonchev–Trinajstić information content (AvgIpc) is 2.63. The number of anilines is 2. The standard InChI is InChI=1S/C19H16N4O/c1-2-13-3-5-14(6-4-13)15-11-17(18(20)22-12-15)19(24)23-16-7-9-21-10-8-16/h2-12H,1H2,(H2,20,22)(H,21,23,24). The van der Waals surface area contributed by atoms with Crippen molar-refractivity contribution in [3.05, 3.63) is 78.8 Å². The fraction of sp³-hybridized carbons (Fsp3) is 0. The van der Waals surface area contributed by atoms with Gasteiger partial charge in [-0.1, -0.05) is 36.9 Å². The summed E-state index contributed by atoms with van der Waals surface area (Å²) in [6, 6.07) is 13.0. The van der Waals surface area contributed by atoms with Gasteiger partial charge in [-0.15, -0.1) is 0 Å². The van der Waals surface area contributed by atoms with Crippen LogP contribution in [0, 0.1) is 0 Å². The van der Waals surface area contributed by atoms with Crippen molar-refractivity contribution >= 4 is 23.5 Å². The number of hydrogen-bond acceptors (Lipinski definition) is 4. The number of carbonyl (C=O) groups excluding carboxylic acids is 1. The largest absolute Gasteiger partial charge is 0.383 e. The molecular weight excluding hydrogens is 300 g/mol. The molecule has 0 aliphatic rings. The minimum atomic E-state index is -0.309. The highest BCUT2D eigenvalue weighted by Crippen LogP contribution is 2.23. The van der Waals surface area contributed by atoms with E-state index in [1.165, 1.54) is 0 Å². The third kappa shape index (κ3) is 3.30. The van der Waals surface area contributed by atoms with E-state index in [4.69, 9.17) is 5.73 Å². The van der Waals surface area contributed by atoms with E-state index in [-0.39, 0.29) is 11.7 Å². The molecule has 3 rings (SSSR count). The molecule has 0 atom stereocenters. The maximum absolute atomic E-state index is 12.5. The van der Waals surface area contributed by atoms with Gasteiger partial charge in [0.05, 0.1) is 5.56 Å². The second-order valence-electron chi connectivity index (χ2n) is 5.17. The normalized spacial score (nSPS) is 10.2. The molecule has 3 N–H and O–H groups in total. The Labute approximate surface area is 139 Å². The summed E-state index contributed by atoms with van der Waals surface area (Å²) in [6.07, 6.45) is 6.64. The fourth-order valence-electron chi connectivity index (χ4n) is 2.26. The minimum absolute atomic E-state index is 0.188. The lowest BCUT2D eigenvalue weighted by molar-refractivity contribution is 0.102. The molecule has 0 aliphatic heterocycles. The van der Waals surface area contributed by atoms with E-state index in [1.54, 1.807) is 42.9 Å². The lowest BCUT2D eigenvalue weighted by atomic mass is 10.0. The van der Waals surface area contributed by atoms with Crippen LogP contribution in [0.5, 0.6) is 0 Å². The van der Waals surface area contributed by atoms with Crippen LogP contribution in [0.3, 0.4) is 0 Å². The van der Waals surface area contributed by atoms with Crippen LogP contribution in [-0.4, -0.2) is 15.9 Å². The molecule has 2 heterocycles. The summed E-state index contributed by atoms with van der Waals surface area (Å²) < 4.78 is 0. The van der Waals surface area contributed by atoms with Crippen LogP contribution in [0.4, 0.5) is 11.5 Å². The lowest BCUT2D eigenvalue weighted by Gasteiger charge is -2.09. The predicted octanol–water partition coefficient (Wildman–Crippen LogP) is 3.62. The van der Waals surface area contributed by atoms with E-state index in [1.807, 2.05) is 24.3 Å². The van der Waals surface area contributed by atoms with Gasteiger partial charge >= 0.3 is 0 Å². The molecular formula is C19H16N4O. The van der Waals surface area contributed by atoms with Crippen molar-refractivity contribution < 1.29 is 4.79 Å². The summed E-state index contributed by atoms with van der Waals surface area (Å²) in [4.78, 5) is 20.5. The zero-order valence-corrected chi connectivity index (χ0v) is 12.9. The molecule has 0 saturated heterocycles. The van der Waals surface area contributed by atoms with Gasteiger partial charge in [0, 0.05) is 29.8 Å². The number of nitrogen functional groups attached to an aromatic ring is 1. The van der Waals surface area contributed by atoms with E-state index in [2.05, 4.69) is 21.9 Å². The van der Waals surface area contributed by atoms with E-state index in [9.17, 15) is 4.79 Å². The van der Waals surface area contributed by atoms with Crippen LogP contribution in [0.25, 0.3) is 17.2 Å². The zero-order chi connectivity index (χ0) is 16.9. The monoisotopic (exact) mass is 316 g/mol. The molecule has 5 nitrogen and oxygen atoms in total. The summed E-state index contributed by atoms with van der Waals surface area (Å²) in [7, 11) is 0. The van der Waals surface area contributed by atoms with Crippen molar-refractivity contribution in [2.45, 2.75) is 0 Å². The molecule has 0 aliphatic carbocycles. The highest BCUT2D eigenvalue weighted by atomic mass is 16.1. The van der Waals surface area contributed by atoms with E-state index >= 15 is 0 Å². The maximum Gasteiger partial charge on any atom is 0.259 e. The van der Waals surface area contributed by atoms with Crippen LogP contribution in [0.15, 0.2) is 67.6 Å². The van der Waals surface area contributed by atoms with Gasteiger partial charge in [0.2, 0.25) is 0 Å². The number of hydrogen-bond donors (Lipinski definition) is 2. The van der Waals surface area contributed by atoms with Crippen LogP contribution >= 0.6 is 0 Å². The lowest BCUT2D eigenvalue weighted by Crippen LogP contribution is -2.15. The Kier molecular flexibility index (Phi) is 4.34. The highest BCUT2D eigenvalue weighted by molar-refractivity contribution is 6.07. The number of nitrogens with two attached hydrogens (primary N) is 1. The quantitative estimate of drug-likeness (QED) is 0.770. The third-order valence-electron chi connectivity index (χ3n) is 3.58. The zero-order valence-electron chi connectivity index (χ0n) is 12.9. The predicted molar refractivity (Wildman–Crippen MR) is 96.4 cm³/mol. The number of nitrogens with one attached hydrogen (secondary N) is 1. The van der Waals surface area contributed by atoms with Crippen molar-refractivity contribution in [3.8, 4) is 11.1 Å². The smallest absolute Gasteiger partial charge is 0.259 e. The third-order valence-corrected chi connectivity index (χ3v) is 3.58. The summed E-state index contributed by atoms with van der Waals surface area (Å²) >= 11 is 0. The van der Waals surface area contributed by atoms with Gasteiger partial charge in [-0.2, -0.15) is 0 Å². The first-order valence-electron chi connectivity index (χ1n) is 7.37. The summed E-state index contributed by atoms with van der Waals surface area (Å²) in [5, 5.41) is 2.78. The van der Waals surface area contributed by atoms with Gasteiger partial charge in [0.1, 0.15) is 5.82 Å².